The Morgan fingerprint density at radius 3 is 2.71 bits per heavy atom. The largest absolute Gasteiger partial charge is 0.465 e. The van der Waals surface area contributed by atoms with Crippen molar-refractivity contribution in [3.8, 4) is 0 Å². The molecule has 0 bridgehead atoms. The fourth-order valence-electron chi connectivity index (χ4n) is 3.36. The quantitative estimate of drug-likeness (QED) is 0.550. The second-order valence-corrected chi connectivity index (χ2v) is 8.06. The zero-order chi connectivity index (χ0) is 21.8. The number of nitrogens with zero attached hydrogens (tertiary/aromatic N) is 1. The normalized spacial score (nSPS) is 16.5. The minimum Gasteiger partial charge on any atom is -0.465 e. The van der Waals surface area contributed by atoms with Crippen LogP contribution in [0.25, 0.3) is 11.0 Å². The molecule has 1 atom stereocenters. The van der Waals surface area contributed by atoms with Crippen molar-refractivity contribution in [2.75, 3.05) is 20.3 Å². The number of hydrogen-bond acceptors (Lipinski definition) is 6. The van der Waals surface area contributed by atoms with Crippen molar-refractivity contribution in [2.24, 2.45) is 4.99 Å². The van der Waals surface area contributed by atoms with Crippen molar-refractivity contribution >= 4 is 44.5 Å². The van der Waals surface area contributed by atoms with Crippen LogP contribution >= 0.6 is 15.9 Å². The maximum atomic E-state index is 13.0. The Labute approximate surface area is 187 Å². The fraction of sp³-hybridized carbons (Fsp3) is 0.261. The van der Waals surface area contributed by atoms with Gasteiger partial charge in [-0.2, -0.15) is 0 Å². The topological polar surface area (TPSA) is 90.1 Å². The third-order valence-electron chi connectivity index (χ3n) is 4.99. The zero-order valence-electron chi connectivity index (χ0n) is 16.9. The van der Waals surface area contributed by atoms with Gasteiger partial charge in [-0.15, -0.1) is 0 Å². The molecule has 3 aromatic rings. The molecule has 2 aromatic carbocycles. The summed E-state index contributed by atoms with van der Waals surface area (Å²) in [5, 5.41) is 3.70. The van der Waals surface area contributed by atoms with Crippen molar-refractivity contribution in [3.63, 3.8) is 0 Å². The summed E-state index contributed by atoms with van der Waals surface area (Å²) in [6.07, 6.45) is 1.96. The highest BCUT2D eigenvalue weighted by Crippen LogP contribution is 2.20. The third-order valence-corrected chi connectivity index (χ3v) is 5.48. The van der Waals surface area contributed by atoms with E-state index in [0.29, 0.717) is 28.9 Å². The first-order valence-electron chi connectivity index (χ1n) is 9.90. The number of esters is 1. The Kier molecular flexibility index (Phi) is 6.48. The SMILES string of the molecule is COC(=O)c1ccc(N=c2oc3ccc(Br)cc3cc2C(=O)NC[C@@H]2CCCO2)cc1. The van der Waals surface area contributed by atoms with Gasteiger partial charge in [-0.25, -0.2) is 9.79 Å². The molecule has 0 radical (unpaired) electrons. The van der Waals surface area contributed by atoms with E-state index in [1.165, 1.54) is 7.11 Å². The Morgan fingerprint density at radius 2 is 2.00 bits per heavy atom. The van der Waals surface area contributed by atoms with Gasteiger partial charge >= 0.3 is 5.97 Å². The van der Waals surface area contributed by atoms with Gasteiger partial charge in [-0.05, 0) is 61.4 Å². The minimum atomic E-state index is -0.429. The van der Waals surface area contributed by atoms with Crippen molar-refractivity contribution in [1.82, 2.24) is 5.32 Å². The lowest BCUT2D eigenvalue weighted by atomic mass is 10.1. The van der Waals surface area contributed by atoms with Crippen LogP contribution in [0.1, 0.15) is 33.6 Å². The summed E-state index contributed by atoms with van der Waals surface area (Å²) in [6, 6.07) is 13.9. The molecule has 0 unspecified atom stereocenters. The number of hydrogen-bond donors (Lipinski definition) is 1. The lowest BCUT2D eigenvalue weighted by Crippen LogP contribution is -2.34. The molecular formula is C23H21BrN2O5. The highest BCUT2D eigenvalue weighted by molar-refractivity contribution is 9.10. The van der Waals surface area contributed by atoms with Crippen LogP contribution in [-0.4, -0.2) is 38.2 Å². The van der Waals surface area contributed by atoms with E-state index in [-0.39, 0.29) is 17.6 Å². The molecule has 1 aliphatic heterocycles. The molecule has 1 saturated heterocycles. The number of ether oxygens (including phenoxy) is 2. The average molecular weight is 485 g/mol. The molecule has 1 aliphatic rings. The van der Waals surface area contributed by atoms with Crippen LogP contribution in [0.2, 0.25) is 0 Å². The molecule has 4 rings (SSSR count). The predicted molar refractivity (Wildman–Crippen MR) is 118 cm³/mol. The standard InChI is InChI=1S/C23H21BrN2O5/c1-29-23(28)14-4-7-17(8-5-14)26-22-19(21(27)25-13-18-3-2-10-30-18)12-15-11-16(24)6-9-20(15)31-22/h4-9,11-12,18H,2-3,10,13H2,1H3,(H,25,27)/t18-/m0/s1. The van der Waals surface area contributed by atoms with E-state index >= 15 is 0 Å². The summed E-state index contributed by atoms with van der Waals surface area (Å²) in [7, 11) is 1.33. The smallest absolute Gasteiger partial charge is 0.337 e. The molecule has 160 valence electrons. The number of fused-ring (bicyclic) bond motifs is 1. The van der Waals surface area contributed by atoms with E-state index in [1.54, 1.807) is 30.3 Å². The average Bonchev–Trinajstić information content (AvgIpc) is 3.31. The lowest BCUT2D eigenvalue weighted by Gasteiger charge is -2.11. The van der Waals surface area contributed by atoms with Crippen LogP contribution in [0, 0.1) is 0 Å². The van der Waals surface area contributed by atoms with Gasteiger partial charge in [-0.1, -0.05) is 15.9 Å². The first-order valence-corrected chi connectivity index (χ1v) is 10.7. The summed E-state index contributed by atoms with van der Waals surface area (Å²) < 4.78 is 17.2. The summed E-state index contributed by atoms with van der Waals surface area (Å²) in [5.74, 6) is -0.715. The number of methoxy groups -OCH3 is 1. The van der Waals surface area contributed by atoms with E-state index in [9.17, 15) is 9.59 Å². The first-order chi connectivity index (χ1) is 15.0. The van der Waals surface area contributed by atoms with Crippen LogP contribution in [0.3, 0.4) is 0 Å². The molecule has 1 fully saturated rings. The van der Waals surface area contributed by atoms with E-state index in [4.69, 9.17) is 13.9 Å². The molecule has 31 heavy (non-hydrogen) atoms. The summed E-state index contributed by atoms with van der Waals surface area (Å²) in [5.41, 5.74) is 2.06. The lowest BCUT2D eigenvalue weighted by molar-refractivity contribution is 0.0600. The van der Waals surface area contributed by atoms with Crippen LogP contribution in [-0.2, 0) is 9.47 Å². The van der Waals surface area contributed by atoms with Gasteiger partial charge in [0.25, 0.3) is 5.91 Å². The van der Waals surface area contributed by atoms with Crippen LogP contribution in [0.15, 0.2) is 62.4 Å². The van der Waals surface area contributed by atoms with Crippen molar-refractivity contribution in [3.05, 3.63) is 69.7 Å². The first kappa shape index (κ1) is 21.3. The van der Waals surface area contributed by atoms with Gasteiger partial charge in [0.05, 0.1) is 24.5 Å². The van der Waals surface area contributed by atoms with Crippen molar-refractivity contribution in [1.29, 1.82) is 0 Å². The highest BCUT2D eigenvalue weighted by atomic mass is 79.9. The molecule has 0 saturated carbocycles. The number of nitrogens with one attached hydrogen (secondary N) is 1. The molecule has 0 spiro atoms. The van der Waals surface area contributed by atoms with Crippen LogP contribution in [0.5, 0.6) is 0 Å². The Bertz CT molecular complexity index is 1180. The van der Waals surface area contributed by atoms with E-state index in [0.717, 1.165) is 29.3 Å². The van der Waals surface area contributed by atoms with Gasteiger partial charge in [0, 0.05) is 23.0 Å². The van der Waals surface area contributed by atoms with Crippen LogP contribution < -0.4 is 10.9 Å². The summed E-state index contributed by atoms with van der Waals surface area (Å²) in [6.45, 7) is 1.16. The Balaban J connectivity index is 1.72. The van der Waals surface area contributed by atoms with E-state index in [1.807, 2.05) is 18.2 Å². The number of carbonyl (C=O) groups excluding carboxylic acids is 2. The Morgan fingerprint density at radius 1 is 1.19 bits per heavy atom. The van der Waals surface area contributed by atoms with Crippen molar-refractivity contribution in [2.45, 2.75) is 18.9 Å². The van der Waals surface area contributed by atoms with Gasteiger partial charge in [-0.3, -0.25) is 4.79 Å². The molecule has 1 aromatic heterocycles. The van der Waals surface area contributed by atoms with Crippen LogP contribution in [0.4, 0.5) is 5.69 Å². The number of amides is 1. The van der Waals surface area contributed by atoms with Gasteiger partial charge in [0.15, 0.2) is 0 Å². The third kappa shape index (κ3) is 5.03. The monoisotopic (exact) mass is 484 g/mol. The highest BCUT2D eigenvalue weighted by Gasteiger charge is 2.18. The molecule has 8 heteroatoms. The number of halogens is 1. The fourth-order valence-corrected chi connectivity index (χ4v) is 3.74. The second-order valence-electron chi connectivity index (χ2n) is 7.14. The van der Waals surface area contributed by atoms with E-state index in [2.05, 4.69) is 26.2 Å². The number of carbonyl (C=O) groups is 2. The van der Waals surface area contributed by atoms with Gasteiger partial charge in [0.2, 0.25) is 5.55 Å². The molecule has 7 nitrogen and oxygen atoms in total. The van der Waals surface area contributed by atoms with E-state index < -0.39 is 5.97 Å². The van der Waals surface area contributed by atoms with Gasteiger partial charge in [0.1, 0.15) is 11.1 Å². The molecule has 1 amide bonds. The number of rotatable bonds is 5. The Hall–Kier alpha value is -2.97. The molecular weight excluding hydrogens is 464 g/mol. The second kappa shape index (κ2) is 9.45. The molecule has 2 heterocycles. The molecule has 1 N–H and O–H groups in total. The molecule has 0 aliphatic carbocycles. The zero-order valence-corrected chi connectivity index (χ0v) is 18.5. The predicted octanol–water partition coefficient (Wildman–Crippen LogP) is 4.12. The maximum absolute atomic E-state index is 13.0. The number of benzene rings is 2. The maximum Gasteiger partial charge on any atom is 0.337 e. The summed E-state index contributed by atoms with van der Waals surface area (Å²) in [4.78, 5) is 29.1. The summed E-state index contributed by atoms with van der Waals surface area (Å²) >= 11 is 3.45. The van der Waals surface area contributed by atoms with Crippen molar-refractivity contribution < 1.29 is 23.5 Å². The van der Waals surface area contributed by atoms with Gasteiger partial charge < -0.3 is 19.2 Å². The minimum absolute atomic E-state index is 0.0294.